The Hall–Kier alpha value is -0.570. The Bertz CT molecular complexity index is 280. The van der Waals surface area contributed by atoms with Gasteiger partial charge in [0.1, 0.15) is 0 Å². The first kappa shape index (κ1) is 11.4. The lowest BCUT2D eigenvalue weighted by Crippen LogP contribution is -1.99. The summed E-state index contributed by atoms with van der Waals surface area (Å²) < 4.78 is 0. The number of hydrogen-bond donors (Lipinski definition) is 0. The molecule has 1 nitrogen and oxygen atoms in total. The van der Waals surface area contributed by atoms with Crippen LogP contribution in [0.2, 0.25) is 0 Å². The van der Waals surface area contributed by atoms with Crippen LogP contribution >= 0.6 is 21.6 Å². The van der Waals surface area contributed by atoms with Gasteiger partial charge in [-0.25, -0.2) is 0 Å². The summed E-state index contributed by atoms with van der Waals surface area (Å²) in [5.41, 5.74) is 1.25. The van der Waals surface area contributed by atoms with Crippen LogP contribution in [-0.4, -0.2) is 0 Å². The van der Waals surface area contributed by atoms with E-state index in [1.165, 1.54) is 10.9 Å². The zero-order chi connectivity index (χ0) is 8.10. The van der Waals surface area contributed by atoms with Crippen LogP contribution in [0.25, 0.3) is 0 Å². The van der Waals surface area contributed by atoms with E-state index >= 15 is 0 Å². The normalized spacial score (nSPS) is 8.33. The number of rotatable bonds is 2. The molecule has 1 aromatic rings. The molecule has 0 saturated carbocycles. The molecule has 1 unspecified atom stereocenters. The number of aryl methyl sites for hydroxylation is 1. The molecule has 0 heterocycles. The molecule has 0 N–H and O–H groups in total. The van der Waals surface area contributed by atoms with Crippen molar-refractivity contribution in [2.75, 3.05) is 0 Å². The Kier molecular flexibility index (Phi) is 5.72. The van der Waals surface area contributed by atoms with Crippen molar-refractivity contribution in [1.29, 1.82) is 5.26 Å². The summed E-state index contributed by atoms with van der Waals surface area (Å²) in [7, 11) is 2.67. The molecule has 0 radical (unpaired) electrons. The molecule has 0 aliphatic heterocycles. The third-order valence-electron chi connectivity index (χ3n) is 1.56. The van der Waals surface area contributed by atoms with Crippen LogP contribution in [-0.2, 0) is 6.42 Å². The highest BCUT2D eigenvalue weighted by molar-refractivity contribution is 7.27. The molecule has 0 amide bonds. The second-order valence-corrected chi connectivity index (χ2v) is 2.98. The van der Waals surface area contributed by atoms with Gasteiger partial charge < -0.3 is 0 Å². The van der Waals surface area contributed by atoms with E-state index < -0.39 is 0 Å². The average molecular weight is 200 g/mol. The summed E-state index contributed by atoms with van der Waals surface area (Å²) >= 11 is 0. The minimum Gasteiger partial charge on any atom is -0.198 e. The van der Waals surface area contributed by atoms with Crippen molar-refractivity contribution >= 4 is 27.0 Å². The third-order valence-corrected chi connectivity index (χ3v) is 2.12. The monoisotopic (exact) mass is 199 g/mol. The van der Waals surface area contributed by atoms with Crippen molar-refractivity contribution in [1.82, 2.24) is 0 Å². The second-order valence-electron chi connectivity index (χ2n) is 2.36. The number of hydrogen-bond acceptors (Lipinski definition) is 1. The molecule has 0 spiro atoms. The number of nitrogens with zero attached hydrogens (tertiary/aromatic N) is 1. The first-order chi connectivity index (χ1) is 5.34. The SMILES string of the molecule is Cl.N#CCCc1ccccc1P. The van der Waals surface area contributed by atoms with Crippen LogP contribution in [0.15, 0.2) is 24.3 Å². The van der Waals surface area contributed by atoms with E-state index in [9.17, 15) is 0 Å². The summed E-state index contributed by atoms with van der Waals surface area (Å²) in [6.45, 7) is 0. The molecule has 64 valence electrons. The van der Waals surface area contributed by atoms with E-state index in [4.69, 9.17) is 5.26 Å². The minimum absolute atomic E-state index is 0. The lowest BCUT2D eigenvalue weighted by atomic mass is 10.1. The van der Waals surface area contributed by atoms with Gasteiger partial charge in [-0.3, -0.25) is 0 Å². The number of benzene rings is 1. The average Bonchev–Trinajstić information content (AvgIpc) is 2.03. The van der Waals surface area contributed by atoms with Crippen LogP contribution in [0.1, 0.15) is 12.0 Å². The first-order valence-corrected chi connectivity index (χ1v) is 4.12. The van der Waals surface area contributed by atoms with Crippen molar-refractivity contribution in [2.45, 2.75) is 12.8 Å². The van der Waals surface area contributed by atoms with Gasteiger partial charge in [-0.2, -0.15) is 5.26 Å². The predicted molar refractivity (Wildman–Crippen MR) is 57.0 cm³/mol. The van der Waals surface area contributed by atoms with Crippen LogP contribution in [0.5, 0.6) is 0 Å². The molecule has 0 saturated heterocycles. The van der Waals surface area contributed by atoms with E-state index in [0.717, 1.165) is 6.42 Å². The van der Waals surface area contributed by atoms with Crippen molar-refractivity contribution < 1.29 is 0 Å². The fourth-order valence-corrected chi connectivity index (χ4v) is 1.30. The molecule has 0 aromatic heterocycles. The van der Waals surface area contributed by atoms with Gasteiger partial charge in [-0.1, -0.05) is 24.3 Å². The van der Waals surface area contributed by atoms with Gasteiger partial charge in [0.25, 0.3) is 0 Å². The van der Waals surface area contributed by atoms with Gasteiger partial charge in [0, 0.05) is 6.42 Å². The zero-order valence-electron chi connectivity index (χ0n) is 6.66. The number of nitriles is 1. The highest BCUT2D eigenvalue weighted by atomic mass is 35.5. The fourth-order valence-electron chi connectivity index (χ4n) is 0.952. The molecule has 3 heteroatoms. The highest BCUT2D eigenvalue weighted by Crippen LogP contribution is 2.02. The van der Waals surface area contributed by atoms with Crippen molar-refractivity contribution in [2.24, 2.45) is 0 Å². The smallest absolute Gasteiger partial charge is 0.0625 e. The summed E-state index contributed by atoms with van der Waals surface area (Å²) in [5, 5.41) is 9.56. The molecule has 1 aromatic carbocycles. The van der Waals surface area contributed by atoms with E-state index in [0.29, 0.717) is 6.42 Å². The van der Waals surface area contributed by atoms with E-state index in [-0.39, 0.29) is 12.4 Å². The van der Waals surface area contributed by atoms with Crippen LogP contribution in [0.3, 0.4) is 0 Å². The van der Waals surface area contributed by atoms with Crippen LogP contribution in [0.4, 0.5) is 0 Å². The predicted octanol–water partition coefficient (Wildman–Crippen LogP) is 2.06. The van der Waals surface area contributed by atoms with Gasteiger partial charge in [0.2, 0.25) is 0 Å². The Balaban J connectivity index is 0.00000121. The van der Waals surface area contributed by atoms with E-state index in [1.54, 1.807) is 0 Å². The molecular weight excluding hydrogens is 189 g/mol. The number of halogens is 1. The Morgan fingerprint density at radius 3 is 2.58 bits per heavy atom. The molecule has 0 bridgehead atoms. The molecule has 0 fully saturated rings. The fraction of sp³-hybridized carbons (Fsp3) is 0.222. The minimum atomic E-state index is 0. The van der Waals surface area contributed by atoms with E-state index in [2.05, 4.69) is 21.4 Å². The van der Waals surface area contributed by atoms with Crippen molar-refractivity contribution in [3.63, 3.8) is 0 Å². The molecule has 12 heavy (non-hydrogen) atoms. The lowest BCUT2D eigenvalue weighted by Gasteiger charge is -2.00. The van der Waals surface area contributed by atoms with Gasteiger partial charge >= 0.3 is 0 Å². The van der Waals surface area contributed by atoms with Crippen LogP contribution in [0, 0.1) is 11.3 Å². The maximum atomic E-state index is 8.36. The standard InChI is InChI=1S/C9H10NP.ClH/c10-7-3-5-8-4-1-2-6-9(8)11;/h1-2,4,6H,3,5,11H2;1H. The zero-order valence-corrected chi connectivity index (χ0v) is 8.63. The molecule has 1 atom stereocenters. The van der Waals surface area contributed by atoms with Gasteiger partial charge in [0.15, 0.2) is 0 Å². The van der Waals surface area contributed by atoms with Crippen molar-refractivity contribution in [3.8, 4) is 6.07 Å². The highest BCUT2D eigenvalue weighted by Gasteiger charge is 1.94. The quantitative estimate of drug-likeness (QED) is 0.669. The first-order valence-electron chi connectivity index (χ1n) is 3.55. The topological polar surface area (TPSA) is 23.8 Å². The van der Waals surface area contributed by atoms with Gasteiger partial charge in [0.05, 0.1) is 6.07 Å². The Morgan fingerprint density at radius 1 is 1.33 bits per heavy atom. The Labute approximate surface area is 81.4 Å². The summed E-state index contributed by atoms with van der Waals surface area (Å²) in [6, 6.07) is 10.2. The molecule has 0 aliphatic carbocycles. The molecular formula is C9H11ClNP. The largest absolute Gasteiger partial charge is 0.198 e. The van der Waals surface area contributed by atoms with Gasteiger partial charge in [-0.05, 0) is 17.3 Å². The lowest BCUT2D eigenvalue weighted by molar-refractivity contribution is 1.02. The molecule has 1 rings (SSSR count). The summed E-state index contributed by atoms with van der Waals surface area (Å²) in [5.74, 6) is 0. The summed E-state index contributed by atoms with van der Waals surface area (Å²) in [6.07, 6.45) is 1.46. The maximum absolute atomic E-state index is 8.36. The third kappa shape index (κ3) is 3.22. The summed E-state index contributed by atoms with van der Waals surface area (Å²) in [4.78, 5) is 0. The molecule has 0 aliphatic rings. The second kappa shape index (κ2) is 6.00. The van der Waals surface area contributed by atoms with E-state index in [1.807, 2.05) is 18.2 Å². The maximum Gasteiger partial charge on any atom is 0.0625 e. The van der Waals surface area contributed by atoms with Crippen LogP contribution < -0.4 is 5.30 Å². The van der Waals surface area contributed by atoms with Gasteiger partial charge in [-0.15, -0.1) is 21.6 Å². The Morgan fingerprint density at radius 2 is 2.00 bits per heavy atom. The van der Waals surface area contributed by atoms with Crippen molar-refractivity contribution in [3.05, 3.63) is 29.8 Å².